The van der Waals surface area contributed by atoms with Crippen molar-refractivity contribution in [2.75, 3.05) is 5.32 Å². The molecule has 0 unspecified atom stereocenters. The molecule has 2 rings (SSSR count). The maximum atomic E-state index is 11.2. The smallest absolute Gasteiger partial charge is 0.315 e. The lowest BCUT2D eigenvalue weighted by atomic mass is 10.4. The van der Waals surface area contributed by atoms with Gasteiger partial charge in [-0.2, -0.15) is 0 Å². The van der Waals surface area contributed by atoms with Gasteiger partial charge in [0, 0.05) is 17.8 Å². The summed E-state index contributed by atoms with van der Waals surface area (Å²) in [5, 5.41) is 7.68. The van der Waals surface area contributed by atoms with E-state index < -0.39 is 0 Å². The molecule has 5 heteroatoms. The molecule has 2 amide bonds. The number of hydrogen-bond donors (Lipinski definition) is 2. The third kappa shape index (κ3) is 2.85. The maximum absolute atomic E-state index is 11.2. The Labute approximate surface area is 86.0 Å². The molecule has 1 heterocycles. The molecule has 0 aliphatic heterocycles. The normalized spacial score (nSPS) is 15.7. The second-order valence-corrected chi connectivity index (χ2v) is 4.03. The fraction of sp³-hybridized carbons (Fsp3) is 0.333. The Morgan fingerprint density at radius 3 is 3.14 bits per heavy atom. The Kier molecular flexibility index (Phi) is 2.78. The molecule has 1 saturated carbocycles. The summed E-state index contributed by atoms with van der Waals surface area (Å²) in [6, 6.07) is -0.239. The molecular weight excluding hydrogens is 198 g/mol. The summed E-state index contributed by atoms with van der Waals surface area (Å²) in [5.41, 5.74) is 0. The van der Waals surface area contributed by atoms with Gasteiger partial charge in [-0.1, -0.05) is 6.08 Å². The molecule has 0 spiro atoms. The number of carbonyl (C=O) groups is 1. The summed E-state index contributed by atoms with van der Waals surface area (Å²) in [4.78, 5) is 15.1. The van der Waals surface area contributed by atoms with E-state index >= 15 is 0 Å². The molecule has 4 nitrogen and oxygen atoms in total. The number of anilines is 1. The fourth-order valence-electron chi connectivity index (χ4n) is 0.967. The van der Waals surface area contributed by atoms with Crippen molar-refractivity contribution in [2.45, 2.75) is 12.8 Å². The number of urea groups is 1. The molecule has 2 N–H and O–H groups in total. The van der Waals surface area contributed by atoms with Crippen molar-refractivity contribution in [3.05, 3.63) is 23.9 Å². The van der Waals surface area contributed by atoms with Crippen LogP contribution in [-0.4, -0.2) is 11.0 Å². The molecule has 0 radical (unpaired) electrons. The Morgan fingerprint density at radius 2 is 2.50 bits per heavy atom. The van der Waals surface area contributed by atoms with Gasteiger partial charge in [-0.05, 0) is 18.8 Å². The third-order valence-corrected chi connectivity index (χ3v) is 2.55. The summed E-state index contributed by atoms with van der Waals surface area (Å²) in [6.07, 6.45) is 7.85. The van der Waals surface area contributed by atoms with E-state index in [4.69, 9.17) is 0 Å². The molecule has 1 aliphatic rings. The average Bonchev–Trinajstić information content (AvgIpc) is 2.83. The Hall–Kier alpha value is -1.36. The van der Waals surface area contributed by atoms with Crippen molar-refractivity contribution in [2.24, 2.45) is 5.92 Å². The van der Waals surface area contributed by atoms with Crippen LogP contribution >= 0.6 is 11.3 Å². The lowest BCUT2D eigenvalue weighted by Crippen LogP contribution is -2.23. The first-order valence-electron chi connectivity index (χ1n) is 4.48. The number of thiazole rings is 1. The molecule has 1 fully saturated rings. The highest BCUT2D eigenvalue weighted by molar-refractivity contribution is 7.13. The first-order chi connectivity index (χ1) is 6.84. The quantitative estimate of drug-likeness (QED) is 0.801. The fourth-order valence-corrected chi connectivity index (χ4v) is 1.49. The molecule has 14 heavy (non-hydrogen) atoms. The second kappa shape index (κ2) is 4.23. The van der Waals surface area contributed by atoms with E-state index in [0.29, 0.717) is 11.0 Å². The minimum absolute atomic E-state index is 0.239. The van der Waals surface area contributed by atoms with Gasteiger partial charge in [-0.3, -0.25) is 5.32 Å². The van der Waals surface area contributed by atoms with Crippen LogP contribution < -0.4 is 10.6 Å². The van der Waals surface area contributed by atoms with Gasteiger partial charge < -0.3 is 5.32 Å². The zero-order valence-electron chi connectivity index (χ0n) is 7.56. The van der Waals surface area contributed by atoms with E-state index in [2.05, 4.69) is 15.6 Å². The monoisotopic (exact) mass is 209 g/mol. The van der Waals surface area contributed by atoms with Crippen LogP contribution in [-0.2, 0) is 0 Å². The minimum atomic E-state index is -0.239. The lowest BCUT2D eigenvalue weighted by molar-refractivity contribution is 0.255. The molecule has 1 aromatic rings. The summed E-state index contributed by atoms with van der Waals surface area (Å²) in [6.45, 7) is 0. The summed E-state index contributed by atoms with van der Waals surface area (Å²) >= 11 is 1.40. The molecule has 0 aromatic carbocycles. The van der Waals surface area contributed by atoms with Gasteiger partial charge in [-0.25, -0.2) is 9.78 Å². The van der Waals surface area contributed by atoms with Crippen LogP contribution in [0.2, 0.25) is 0 Å². The van der Waals surface area contributed by atoms with E-state index in [1.54, 1.807) is 12.4 Å². The van der Waals surface area contributed by atoms with E-state index in [9.17, 15) is 4.79 Å². The molecule has 0 atom stereocenters. The number of nitrogens with one attached hydrogen (secondary N) is 2. The van der Waals surface area contributed by atoms with Crippen molar-refractivity contribution in [1.82, 2.24) is 10.3 Å². The van der Waals surface area contributed by atoms with E-state index in [-0.39, 0.29) is 6.03 Å². The highest BCUT2D eigenvalue weighted by atomic mass is 32.1. The molecule has 1 aromatic heterocycles. The first kappa shape index (κ1) is 9.21. The molecular formula is C9H11N3OS. The molecule has 0 saturated heterocycles. The first-order valence-corrected chi connectivity index (χ1v) is 5.36. The van der Waals surface area contributed by atoms with Crippen LogP contribution in [0.25, 0.3) is 0 Å². The number of hydrogen-bond acceptors (Lipinski definition) is 3. The van der Waals surface area contributed by atoms with Gasteiger partial charge in [-0.15, -0.1) is 11.3 Å². The summed E-state index contributed by atoms with van der Waals surface area (Å²) in [7, 11) is 0. The SMILES string of the molecule is O=C(N/C=C/C1CC1)Nc1nccs1. The van der Waals surface area contributed by atoms with Crippen LogP contribution in [0.5, 0.6) is 0 Å². The summed E-state index contributed by atoms with van der Waals surface area (Å²) < 4.78 is 0. The number of amides is 2. The van der Waals surface area contributed by atoms with Crippen LogP contribution in [0, 0.1) is 5.92 Å². The van der Waals surface area contributed by atoms with Crippen molar-refractivity contribution < 1.29 is 4.79 Å². The summed E-state index contributed by atoms with van der Waals surface area (Å²) in [5.74, 6) is 0.676. The highest BCUT2D eigenvalue weighted by Gasteiger charge is 2.17. The Balaban J connectivity index is 1.72. The minimum Gasteiger partial charge on any atom is -0.315 e. The highest BCUT2D eigenvalue weighted by Crippen LogP contribution is 2.29. The third-order valence-electron chi connectivity index (χ3n) is 1.86. The molecule has 0 bridgehead atoms. The largest absolute Gasteiger partial charge is 0.324 e. The van der Waals surface area contributed by atoms with Crippen LogP contribution in [0.15, 0.2) is 23.9 Å². The van der Waals surface area contributed by atoms with Gasteiger partial charge in [0.05, 0.1) is 0 Å². The van der Waals surface area contributed by atoms with E-state index in [1.807, 2.05) is 11.5 Å². The second-order valence-electron chi connectivity index (χ2n) is 3.13. The van der Waals surface area contributed by atoms with Gasteiger partial charge >= 0.3 is 6.03 Å². The predicted molar refractivity (Wildman–Crippen MR) is 56.1 cm³/mol. The van der Waals surface area contributed by atoms with Gasteiger partial charge in [0.25, 0.3) is 0 Å². The number of carbonyl (C=O) groups excluding carboxylic acids is 1. The Morgan fingerprint density at radius 1 is 1.64 bits per heavy atom. The van der Waals surface area contributed by atoms with E-state index in [0.717, 1.165) is 0 Å². The van der Waals surface area contributed by atoms with Crippen molar-refractivity contribution in [3.8, 4) is 0 Å². The number of aromatic nitrogens is 1. The van der Waals surface area contributed by atoms with Gasteiger partial charge in [0.1, 0.15) is 0 Å². The zero-order chi connectivity index (χ0) is 9.80. The maximum Gasteiger partial charge on any atom is 0.324 e. The average molecular weight is 209 g/mol. The van der Waals surface area contributed by atoms with Crippen molar-refractivity contribution in [3.63, 3.8) is 0 Å². The molecule has 1 aliphatic carbocycles. The topological polar surface area (TPSA) is 54.0 Å². The van der Waals surface area contributed by atoms with Crippen LogP contribution in [0.3, 0.4) is 0 Å². The predicted octanol–water partition coefficient (Wildman–Crippen LogP) is 2.19. The number of nitrogens with zero attached hydrogens (tertiary/aromatic N) is 1. The van der Waals surface area contributed by atoms with Gasteiger partial charge in [0.2, 0.25) is 0 Å². The number of allylic oxidation sites excluding steroid dienone is 1. The molecule has 74 valence electrons. The lowest BCUT2D eigenvalue weighted by Gasteiger charge is -1.99. The van der Waals surface area contributed by atoms with E-state index in [1.165, 1.54) is 24.2 Å². The zero-order valence-corrected chi connectivity index (χ0v) is 8.38. The van der Waals surface area contributed by atoms with Crippen LogP contribution in [0.4, 0.5) is 9.93 Å². The standard InChI is InChI=1S/C9H11N3OS/c13-8(10-4-3-7-1-2-7)12-9-11-5-6-14-9/h3-7H,1-2H2,(H2,10,11,12,13)/b4-3+. The number of rotatable bonds is 3. The van der Waals surface area contributed by atoms with Crippen molar-refractivity contribution in [1.29, 1.82) is 0 Å². The van der Waals surface area contributed by atoms with Crippen LogP contribution in [0.1, 0.15) is 12.8 Å². The van der Waals surface area contributed by atoms with Crippen molar-refractivity contribution >= 4 is 22.5 Å². The Bertz CT molecular complexity index is 330. The van der Waals surface area contributed by atoms with Gasteiger partial charge in [0.15, 0.2) is 5.13 Å².